The van der Waals surface area contributed by atoms with Crippen molar-refractivity contribution in [3.05, 3.63) is 71.3 Å². The molecule has 6 fully saturated rings. The number of hydrogen-bond donors (Lipinski definition) is 3. The van der Waals surface area contributed by atoms with Crippen LogP contribution in [0.5, 0.6) is 0 Å². The van der Waals surface area contributed by atoms with E-state index < -0.39 is 83.8 Å². The Balaban J connectivity index is 1.28. The Hall–Kier alpha value is -4.80. The molecule has 4 N–H and O–H groups in total. The number of esters is 1. The number of fused-ring (bicyclic) bond motifs is 5. The van der Waals surface area contributed by atoms with Gasteiger partial charge in [-0.05, 0) is 76.1 Å². The summed E-state index contributed by atoms with van der Waals surface area (Å²) in [5.74, 6) is -3.48. The van der Waals surface area contributed by atoms with E-state index in [1.165, 1.54) is 21.6 Å². The summed E-state index contributed by atoms with van der Waals surface area (Å²) in [5, 5.41) is 5.88. The molecule has 2 unspecified atom stereocenters. The number of ether oxygens (including phenoxy) is 1. The lowest BCUT2D eigenvalue weighted by Crippen LogP contribution is -2.63. The van der Waals surface area contributed by atoms with Crippen LogP contribution in [0.2, 0.25) is 0 Å². The quantitative estimate of drug-likeness (QED) is 0.345. The van der Waals surface area contributed by atoms with Crippen LogP contribution in [-0.2, 0) is 44.7 Å². The minimum atomic E-state index is -1.40. The van der Waals surface area contributed by atoms with Gasteiger partial charge >= 0.3 is 5.97 Å². The molecule has 16 heteroatoms. The third-order valence-electron chi connectivity index (χ3n) is 13.6. The normalized spacial score (nSPS) is 32.9. The molecule has 0 spiro atoms. The van der Waals surface area contributed by atoms with Crippen molar-refractivity contribution in [2.45, 2.75) is 113 Å². The number of thioether (sulfide) groups is 1. The van der Waals surface area contributed by atoms with Crippen LogP contribution in [0, 0.1) is 18.8 Å². The molecule has 6 saturated heterocycles. The highest BCUT2D eigenvalue weighted by Crippen LogP contribution is 2.37. The first kappa shape index (κ1) is 45.2. The molecule has 62 heavy (non-hydrogen) atoms. The predicted octanol–water partition coefficient (Wildman–Crippen LogP) is 1.99. The summed E-state index contributed by atoms with van der Waals surface area (Å²) < 4.78 is 5.76. The van der Waals surface area contributed by atoms with Crippen molar-refractivity contribution in [3.63, 3.8) is 0 Å². The van der Waals surface area contributed by atoms with Crippen LogP contribution in [0.25, 0.3) is 0 Å². The maximum Gasteiger partial charge on any atom is 0.333 e. The second kappa shape index (κ2) is 19.7. The molecular formula is C46H61N7O8S. The van der Waals surface area contributed by atoms with Crippen molar-refractivity contribution in [1.82, 2.24) is 30.2 Å². The van der Waals surface area contributed by atoms with Gasteiger partial charge in [0.15, 0.2) is 6.04 Å². The number of benzene rings is 2. The van der Waals surface area contributed by atoms with Gasteiger partial charge in [0, 0.05) is 56.4 Å². The topological polar surface area (TPSA) is 192 Å². The fraction of sp³-hybridized carbons (Fsp3) is 0.587. The van der Waals surface area contributed by atoms with Gasteiger partial charge in [0.1, 0.15) is 42.1 Å². The van der Waals surface area contributed by atoms with E-state index in [9.17, 15) is 28.8 Å². The highest BCUT2D eigenvalue weighted by Gasteiger charge is 2.47. The molecule has 2 aromatic carbocycles. The number of piperidine rings is 4. The van der Waals surface area contributed by atoms with E-state index in [1.807, 2.05) is 31.2 Å². The van der Waals surface area contributed by atoms with Crippen molar-refractivity contribution >= 4 is 53.1 Å². The molecule has 6 aliphatic rings. The molecule has 334 valence electrons. The summed E-state index contributed by atoms with van der Waals surface area (Å²) in [7, 11) is 1.55. The van der Waals surface area contributed by atoms with Gasteiger partial charge in [-0.1, -0.05) is 67.1 Å². The molecule has 0 aromatic heterocycles. The van der Waals surface area contributed by atoms with Gasteiger partial charge in [-0.3, -0.25) is 28.8 Å². The summed E-state index contributed by atoms with van der Waals surface area (Å²) in [6, 6.07) is 8.88. The number of rotatable bonds is 7. The average molecular weight is 872 g/mol. The summed E-state index contributed by atoms with van der Waals surface area (Å²) in [6.07, 6.45) is 1.93. The highest BCUT2D eigenvalue weighted by atomic mass is 32.2. The van der Waals surface area contributed by atoms with Gasteiger partial charge < -0.3 is 40.7 Å². The molecule has 0 radical (unpaired) electrons. The smallest absolute Gasteiger partial charge is 0.333 e. The first-order valence-corrected chi connectivity index (χ1v) is 23.2. The Kier molecular flexibility index (Phi) is 14.4. The van der Waals surface area contributed by atoms with Crippen LogP contribution in [0.15, 0.2) is 54.6 Å². The molecule has 5 amide bonds. The van der Waals surface area contributed by atoms with Crippen LogP contribution in [0.3, 0.4) is 0 Å². The maximum atomic E-state index is 15.4. The Morgan fingerprint density at radius 3 is 2.18 bits per heavy atom. The van der Waals surface area contributed by atoms with Gasteiger partial charge in [-0.25, -0.2) is 4.79 Å². The van der Waals surface area contributed by atoms with E-state index in [0.29, 0.717) is 35.3 Å². The molecule has 6 heterocycles. The van der Waals surface area contributed by atoms with Crippen LogP contribution in [-0.4, -0.2) is 148 Å². The first-order valence-electron chi connectivity index (χ1n) is 22.2. The van der Waals surface area contributed by atoms with E-state index in [2.05, 4.69) is 15.5 Å². The summed E-state index contributed by atoms with van der Waals surface area (Å²) in [4.78, 5) is 108. The number of likely N-dealkylation sites (N-methyl/N-ethyl adjacent to an activating group) is 1. The molecule has 2 aromatic rings. The monoisotopic (exact) mass is 871 g/mol. The minimum Gasteiger partial charge on any atom is -0.459 e. The number of nitrogens with two attached hydrogens (primary N) is 1. The minimum absolute atomic E-state index is 0.0530. The number of nitrogens with zero attached hydrogens (tertiary/aromatic N) is 4. The number of cyclic esters (lactones) is 1. The Labute approximate surface area is 368 Å². The second-order valence-electron chi connectivity index (χ2n) is 17.7. The van der Waals surface area contributed by atoms with Gasteiger partial charge in [0.25, 0.3) is 0 Å². The number of Topliss-reactive ketones (excluding diaryl/α,β-unsaturated/α-hetero) is 1. The number of nitrogens with one attached hydrogen (secondary N) is 2. The lowest BCUT2D eigenvalue weighted by Gasteiger charge is -2.45. The first-order chi connectivity index (χ1) is 29.7. The molecule has 0 saturated carbocycles. The zero-order chi connectivity index (χ0) is 44.2. The van der Waals surface area contributed by atoms with Gasteiger partial charge in [0.2, 0.25) is 29.5 Å². The molecule has 0 aliphatic carbocycles. The van der Waals surface area contributed by atoms with Crippen molar-refractivity contribution in [3.8, 4) is 0 Å². The van der Waals surface area contributed by atoms with Crippen LogP contribution in [0.1, 0.15) is 75.1 Å². The lowest BCUT2D eigenvalue weighted by atomic mass is 9.88. The largest absolute Gasteiger partial charge is 0.459 e. The Bertz CT molecular complexity index is 2000. The lowest BCUT2D eigenvalue weighted by molar-refractivity contribution is -0.157. The fourth-order valence-electron chi connectivity index (χ4n) is 9.61. The summed E-state index contributed by atoms with van der Waals surface area (Å²) >= 11 is 1.76. The third-order valence-corrected chi connectivity index (χ3v) is 15.2. The van der Waals surface area contributed by atoms with E-state index in [4.69, 9.17) is 10.5 Å². The molecule has 15 nitrogen and oxygen atoms in total. The number of carbonyl (C=O) groups is 7. The number of aryl methyl sites for hydroxylation is 1. The van der Waals surface area contributed by atoms with E-state index >= 15 is 4.79 Å². The highest BCUT2D eigenvalue weighted by molar-refractivity contribution is 8.00. The number of carbonyl (C=O) groups excluding carboxylic acids is 7. The maximum absolute atomic E-state index is 15.4. The molecule has 8 rings (SSSR count). The summed E-state index contributed by atoms with van der Waals surface area (Å²) in [5.41, 5.74) is 8.50. The third kappa shape index (κ3) is 9.87. The van der Waals surface area contributed by atoms with Crippen LogP contribution in [0.4, 0.5) is 0 Å². The van der Waals surface area contributed by atoms with Gasteiger partial charge in [0.05, 0.1) is 0 Å². The van der Waals surface area contributed by atoms with Gasteiger partial charge in [-0.15, -0.1) is 0 Å². The zero-order valence-corrected chi connectivity index (χ0v) is 37.0. The van der Waals surface area contributed by atoms with Gasteiger partial charge in [-0.2, -0.15) is 11.8 Å². The number of ketones is 1. The molecular weight excluding hydrogens is 811 g/mol. The fourth-order valence-corrected chi connectivity index (χ4v) is 11.2. The number of hydrogen-bond acceptors (Lipinski definition) is 11. The van der Waals surface area contributed by atoms with E-state index in [1.54, 1.807) is 56.1 Å². The van der Waals surface area contributed by atoms with Crippen molar-refractivity contribution < 1.29 is 38.3 Å². The standard InChI is InChI=1S/C46H61N7O8S/c1-5-33-43(57)52-19-9-12-34(52)44(58)50(4)36(22-29-15-13-27(2)14-16-29)45(59)53-24-32(26-62-38-25-51-20-17-30(38)18-21-51)37(54)23-35(53)41(55)49-40(31-10-7-6-8-11-31)46(60)61-28(3)39(47)42(56)48-33/h6-8,10-11,13-16,28,30,32-36,38-40H,5,9,12,17-26,47H2,1-4H3,(H,48,56)(H,49,55)/t28-,32+,33?,34+,35+,36+,38?,39+,40+/m1/s1. The van der Waals surface area contributed by atoms with E-state index in [-0.39, 0.29) is 38.1 Å². The Morgan fingerprint density at radius 1 is 0.806 bits per heavy atom. The van der Waals surface area contributed by atoms with Crippen LogP contribution >= 0.6 is 11.8 Å². The molecule has 9 atom stereocenters. The molecule has 2 bridgehead atoms. The number of amides is 5. The molecule has 6 aliphatic heterocycles. The van der Waals surface area contributed by atoms with Crippen molar-refractivity contribution in [2.75, 3.05) is 45.5 Å². The average Bonchev–Trinajstić information content (AvgIpc) is 3.78. The zero-order valence-electron chi connectivity index (χ0n) is 36.2. The SMILES string of the molecule is CCC1NC(=O)[C@@H](N)[C@@H](C)OC(=O)[C@H](c2ccccc2)NC(=O)[C@@H]2CC(=O)[C@H](CSC3CN4CCC3CC4)CN2C(=O)[C@H](Cc2ccc(C)cc2)N(C)C(=O)[C@@H]2CCCN2C1=O. The van der Waals surface area contributed by atoms with Crippen molar-refractivity contribution in [2.24, 2.45) is 17.6 Å². The predicted molar refractivity (Wildman–Crippen MR) is 233 cm³/mol. The van der Waals surface area contributed by atoms with Crippen LogP contribution < -0.4 is 16.4 Å². The van der Waals surface area contributed by atoms with E-state index in [0.717, 1.165) is 43.6 Å². The second-order valence-corrected chi connectivity index (χ2v) is 19.0. The Morgan fingerprint density at radius 2 is 1.52 bits per heavy atom. The summed E-state index contributed by atoms with van der Waals surface area (Å²) in [6.45, 7) is 8.48. The van der Waals surface area contributed by atoms with Crippen molar-refractivity contribution in [1.29, 1.82) is 0 Å².